The van der Waals surface area contributed by atoms with Crippen LogP contribution in [0.15, 0.2) is 0 Å². The molecule has 0 spiro atoms. The molecule has 5 nitrogen and oxygen atoms in total. The minimum absolute atomic E-state index is 0.0797. The first-order valence-electron chi connectivity index (χ1n) is 7.52. The van der Waals surface area contributed by atoms with E-state index in [9.17, 15) is 4.79 Å². The summed E-state index contributed by atoms with van der Waals surface area (Å²) in [6.07, 6.45) is 3.42. The fourth-order valence-electron chi connectivity index (χ4n) is 2.63. The predicted octanol–water partition coefficient (Wildman–Crippen LogP) is 0.256. The van der Waals surface area contributed by atoms with Crippen molar-refractivity contribution < 1.29 is 4.79 Å². The van der Waals surface area contributed by atoms with Crippen LogP contribution in [0.5, 0.6) is 0 Å². The molecule has 0 aromatic rings. The lowest BCUT2D eigenvalue weighted by molar-refractivity contribution is -0.127. The maximum atomic E-state index is 12.1. The Kier molecular flexibility index (Phi) is 7.34. The predicted molar refractivity (Wildman–Crippen MR) is 79.0 cm³/mol. The van der Waals surface area contributed by atoms with E-state index < -0.39 is 0 Å². The van der Waals surface area contributed by atoms with Crippen LogP contribution in [0, 0.1) is 0 Å². The van der Waals surface area contributed by atoms with Gasteiger partial charge in [-0.15, -0.1) is 0 Å². The standard InChI is InChI=1S/C14H30N4O/c1-4-5-6-7-16-14(19)12(2)18-9-8-17(3)11-13(18)10-15/h12-13H,4-11,15H2,1-3H3,(H,16,19). The molecule has 1 rings (SSSR count). The highest BCUT2D eigenvalue weighted by Gasteiger charge is 2.30. The van der Waals surface area contributed by atoms with Crippen LogP contribution >= 0.6 is 0 Å². The zero-order valence-corrected chi connectivity index (χ0v) is 12.7. The fraction of sp³-hybridized carbons (Fsp3) is 0.929. The summed E-state index contributed by atoms with van der Waals surface area (Å²) in [5.74, 6) is 0.138. The van der Waals surface area contributed by atoms with Crippen LogP contribution < -0.4 is 11.1 Å². The average molecular weight is 270 g/mol. The summed E-state index contributed by atoms with van der Waals surface area (Å²) < 4.78 is 0. The third-order valence-electron chi connectivity index (χ3n) is 3.96. The van der Waals surface area contributed by atoms with E-state index in [-0.39, 0.29) is 18.0 Å². The molecule has 1 fully saturated rings. The van der Waals surface area contributed by atoms with Crippen LogP contribution in [0.25, 0.3) is 0 Å². The lowest BCUT2D eigenvalue weighted by Crippen LogP contribution is -2.60. The van der Waals surface area contributed by atoms with Crippen LogP contribution in [0.3, 0.4) is 0 Å². The molecule has 5 heteroatoms. The van der Waals surface area contributed by atoms with E-state index in [0.29, 0.717) is 6.54 Å². The van der Waals surface area contributed by atoms with Gasteiger partial charge in [-0.1, -0.05) is 19.8 Å². The van der Waals surface area contributed by atoms with Crippen molar-refractivity contribution in [1.82, 2.24) is 15.1 Å². The first-order valence-corrected chi connectivity index (χ1v) is 7.52. The SMILES string of the molecule is CCCCCNC(=O)C(C)N1CCN(C)CC1CN. The van der Waals surface area contributed by atoms with E-state index in [2.05, 4.69) is 29.1 Å². The second-order valence-electron chi connectivity index (χ2n) is 5.56. The third-order valence-corrected chi connectivity index (χ3v) is 3.96. The molecule has 0 saturated carbocycles. The molecule has 1 aliphatic heterocycles. The Labute approximate surface area is 117 Å². The quantitative estimate of drug-likeness (QED) is 0.651. The third kappa shape index (κ3) is 5.09. The summed E-state index contributed by atoms with van der Waals surface area (Å²) in [5, 5.41) is 3.04. The summed E-state index contributed by atoms with van der Waals surface area (Å²) >= 11 is 0. The second-order valence-corrected chi connectivity index (χ2v) is 5.56. The molecular formula is C14H30N4O. The van der Waals surface area contributed by atoms with Gasteiger partial charge < -0.3 is 16.0 Å². The maximum Gasteiger partial charge on any atom is 0.237 e. The molecule has 0 bridgehead atoms. The van der Waals surface area contributed by atoms with Crippen molar-refractivity contribution in [3.63, 3.8) is 0 Å². The number of nitrogens with two attached hydrogens (primary N) is 1. The highest BCUT2D eigenvalue weighted by Crippen LogP contribution is 2.11. The molecule has 0 aromatic carbocycles. The van der Waals surface area contributed by atoms with Crippen molar-refractivity contribution >= 4 is 5.91 Å². The molecule has 112 valence electrons. The van der Waals surface area contributed by atoms with Crippen molar-refractivity contribution in [3.05, 3.63) is 0 Å². The number of hydrogen-bond acceptors (Lipinski definition) is 4. The van der Waals surface area contributed by atoms with Crippen molar-refractivity contribution in [2.75, 3.05) is 39.8 Å². The van der Waals surface area contributed by atoms with Crippen LogP contribution in [-0.2, 0) is 4.79 Å². The van der Waals surface area contributed by atoms with Crippen molar-refractivity contribution in [1.29, 1.82) is 0 Å². The number of nitrogens with zero attached hydrogens (tertiary/aromatic N) is 2. The summed E-state index contributed by atoms with van der Waals surface area (Å²) in [7, 11) is 2.11. The Morgan fingerprint density at radius 1 is 1.42 bits per heavy atom. The summed E-state index contributed by atoms with van der Waals surface area (Å²) in [6, 6.07) is 0.207. The molecular weight excluding hydrogens is 240 g/mol. The van der Waals surface area contributed by atoms with Gasteiger partial charge in [0, 0.05) is 38.8 Å². The first kappa shape index (κ1) is 16.4. The molecule has 3 N–H and O–H groups in total. The van der Waals surface area contributed by atoms with Crippen LogP contribution in [0.4, 0.5) is 0 Å². The van der Waals surface area contributed by atoms with Gasteiger partial charge in [-0.3, -0.25) is 9.69 Å². The molecule has 19 heavy (non-hydrogen) atoms. The summed E-state index contributed by atoms with van der Waals surface area (Å²) in [6.45, 7) is 8.43. The smallest absolute Gasteiger partial charge is 0.237 e. The van der Waals surface area contributed by atoms with Gasteiger partial charge in [0.1, 0.15) is 0 Å². The van der Waals surface area contributed by atoms with E-state index in [0.717, 1.165) is 32.6 Å². The Morgan fingerprint density at radius 3 is 2.79 bits per heavy atom. The molecule has 1 saturated heterocycles. The zero-order chi connectivity index (χ0) is 14.3. The van der Waals surface area contributed by atoms with Crippen LogP contribution in [0.2, 0.25) is 0 Å². The zero-order valence-electron chi connectivity index (χ0n) is 12.7. The van der Waals surface area contributed by atoms with E-state index >= 15 is 0 Å². The number of piperazine rings is 1. The van der Waals surface area contributed by atoms with Gasteiger partial charge in [0.15, 0.2) is 0 Å². The van der Waals surface area contributed by atoms with Gasteiger partial charge in [-0.25, -0.2) is 0 Å². The van der Waals surface area contributed by atoms with E-state index in [1.54, 1.807) is 0 Å². The van der Waals surface area contributed by atoms with E-state index in [1.165, 1.54) is 12.8 Å². The summed E-state index contributed by atoms with van der Waals surface area (Å²) in [5.41, 5.74) is 5.83. The monoisotopic (exact) mass is 270 g/mol. The lowest BCUT2D eigenvalue weighted by atomic mass is 10.1. The number of hydrogen-bond donors (Lipinski definition) is 2. The maximum absolute atomic E-state index is 12.1. The second kappa shape index (κ2) is 8.51. The lowest BCUT2D eigenvalue weighted by Gasteiger charge is -2.42. The minimum Gasteiger partial charge on any atom is -0.355 e. The van der Waals surface area contributed by atoms with Gasteiger partial charge in [-0.05, 0) is 20.4 Å². The number of carbonyl (C=O) groups excluding carboxylic acids is 1. The number of nitrogens with one attached hydrogen (secondary N) is 1. The molecule has 1 heterocycles. The highest BCUT2D eigenvalue weighted by molar-refractivity contribution is 5.81. The van der Waals surface area contributed by atoms with E-state index in [1.807, 2.05) is 6.92 Å². The first-order chi connectivity index (χ1) is 9.10. The molecule has 1 amide bonds. The largest absolute Gasteiger partial charge is 0.355 e. The van der Waals surface area contributed by atoms with Gasteiger partial charge in [0.05, 0.1) is 6.04 Å². The molecule has 0 radical (unpaired) electrons. The highest BCUT2D eigenvalue weighted by atomic mass is 16.2. The van der Waals surface area contributed by atoms with Crippen molar-refractivity contribution in [2.45, 2.75) is 45.2 Å². The van der Waals surface area contributed by atoms with Gasteiger partial charge in [-0.2, -0.15) is 0 Å². The van der Waals surface area contributed by atoms with Crippen molar-refractivity contribution in [3.8, 4) is 0 Å². The summed E-state index contributed by atoms with van der Waals surface area (Å²) in [4.78, 5) is 16.7. The van der Waals surface area contributed by atoms with Gasteiger partial charge in [0.25, 0.3) is 0 Å². The normalized spacial score (nSPS) is 23.3. The van der Waals surface area contributed by atoms with Crippen LogP contribution in [-0.4, -0.2) is 67.6 Å². The number of unbranched alkanes of at least 4 members (excludes halogenated alkanes) is 2. The van der Waals surface area contributed by atoms with Crippen LogP contribution in [0.1, 0.15) is 33.1 Å². The fourth-order valence-corrected chi connectivity index (χ4v) is 2.63. The molecule has 2 unspecified atom stereocenters. The van der Waals surface area contributed by atoms with Gasteiger partial charge in [0.2, 0.25) is 5.91 Å². The van der Waals surface area contributed by atoms with Crippen molar-refractivity contribution in [2.24, 2.45) is 5.73 Å². The Morgan fingerprint density at radius 2 is 2.16 bits per heavy atom. The Balaban J connectivity index is 2.41. The topological polar surface area (TPSA) is 61.6 Å². The molecule has 0 aromatic heterocycles. The average Bonchev–Trinajstić information content (AvgIpc) is 2.42. The molecule has 0 aliphatic carbocycles. The number of amides is 1. The number of rotatable bonds is 7. The Hall–Kier alpha value is -0.650. The van der Waals surface area contributed by atoms with E-state index in [4.69, 9.17) is 5.73 Å². The number of likely N-dealkylation sites (N-methyl/N-ethyl adjacent to an activating group) is 1. The Bertz CT molecular complexity index is 272. The minimum atomic E-state index is -0.0797. The number of carbonyl (C=O) groups is 1. The molecule has 2 atom stereocenters. The van der Waals surface area contributed by atoms with Gasteiger partial charge >= 0.3 is 0 Å². The molecule has 1 aliphatic rings.